The van der Waals surface area contributed by atoms with Crippen molar-refractivity contribution in [3.05, 3.63) is 29.3 Å². The number of rotatable bonds is 6. The molecule has 4 rings (SSSR count). The fourth-order valence-corrected chi connectivity index (χ4v) is 5.67. The third-order valence-corrected chi connectivity index (χ3v) is 7.54. The Morgan fingerprint density at radius 2 is 1.72 bits per heavy atom. The van der Waals surface area contributed by atoms with Crippen LogP contribution in [0.4, 0.5) is 0 Å². The summed E-state index contributed by atoms with van der Waals surface area (Å²) in [6.45, 7) is 11.2. The van der Waals surface area contributed by atoms with E-state index >= 15 is 0 Å². The van der Waals surface area contributed by atoms with E-state index in [1.165, 1.54) is 6.42 Å². The Morgan fingerprint density at radius 1 is 1.08 bits per heavy atom. The average molecular weight is 499 g/mol. The Balaban J connectivity index is 1.69. The van der Waals surface area contributed by atoms with E-state index in [2.05, 4.69) is 4.90 Å². The van der Waals surface area contributed by atoms with E-state index in [4.69, 9.17) is 9.47 Å². The Bertz CT molecular complexity index is 974. The number of nitrogens with zero attached hydrogens (tertiary/aromatic N) is 2. The van der Waals surface area contributed by atoms with Crippen LogP contribution in [-0.2, 0) is 14.3 Å². The van der Waals surface area contributed by atoms with Gasteiger partial charge in [-0.05, 0) is 83.2 Å². The van der Waals surface area contributed by atoms with E-state index in [1.807, 2.05) is 38.7 Å². The average Bonchev–Trinajstić information content (AvgIpc) is 2.84. The van der Waals surface area contributed by atoms with E-state index in [0.29, 0.717) is 23.3 Å². The van der Waals surface area contributed by atoms with Crippen molar-refractivity contribution in [3.8, 4) is 11.5 Å². The molecule has 2 saturated heterocycles. The maximum Gasteiger partial charge on any atom is 0.306 e. The number of esters is 1. The third kappa shape index (κ3) is 5.88. The van der Waals surface area contributed by atoms with Crippen LogP contribution in [-0.4, -0.2) is 64.7 Å². The van der Waals surface area contributed by atoms with Crippen molar-refractivity contribution >= 4 is 18.0 Å². The minimum Gasteiger partial charge on any atom is -0.507 e. The molecule has 36 heavy (non-hydrogen) atoms. The number of phenols is 1. The number of carbonyl (C=O) groups excluding carboxylic acids is 2. The van der Waals surface area contributed by atoms with Crippen molar-refractivity contribution in [2.75, 3.05) is 26.2 Å². The number of fused-ring (bicyclic) bond motifs is 1. The van der Waals surface area contributed by atoms with Crippen LogP contribution in [0.3, 0.4) is 0 Å². The number of hydrogen-bond acceptors (Lipinski definition) is 6. The summed E-state index contributed by atoms with van der Waals surface area (Å²) in [5.41, 5.74) is 0.443. The first kappa shape index (κ1) is 26.5. The van der Waals surface area contributed by atoms with Gasteiger partial charge in [-0.2, -0.15) is 0 Å². The van der Waals surface area contributed by atoms with Gasteiger partial charge >= 0.3 is 5.97 Å². The lowest BCUT2D eigenvalue weighted by molar-refractivity contribution is -0.173. The molecule has 1 aromatic rings. The van der Waals surface area contributed by atoms with Crippen molar-refractivity contribution in [1.82, 2.24) is 9.80 Å². The van der Waals surface area contributed by atoms with Crippen LogP contribution in [0.15, 0.2) is 18.2 Å². The van der Waals surface area contributed by atoms with Gasteiger partial charge < -0.3 is 19.5 Å². The van der Waals surface area contributed by atoms with Gasteiger partial charge in [-0.25, -0.2) is 0 Å². The van der Waals surface area contributed by atoms with Crippen molar-refractivity contribution in [3.63, 3.8) is 0 Å². The normalized spacial score (nSPS) is 24.4. The standard InChI is InChI=1S/C29H42N2O5/c1-20(2)19-24(33)35-28-26(31-17-9-6-10-18-31)25-22(36-29(28,3)4)13-11-21(27(25)34)12-14-23(32)30-15-7-5-8-16-30/h11-14,20,26,28,34H,5-10,15-19H2,1-4H3/b14-12+/t26-,28-/m1/s1. The van der Waals surface area contributed by atoms with Crippen LogP contribution in [0.2, 0.25) is 0 Å². The van der Waals surface area contributed by atoms with Gasteiger partial charge in [0.1, 0.15) is 17.1 Å². The second-order valence-corrected chi connectivity index (χ2v) is 11.4. The number of ether oxygens (including phenoxy) is 2. The molecular weight excluding hydrogens is 456 g/mol. The van der Waals surface area contributed by atoms with Crippen molar-refractivity contribution in [1.29, 1.82) is 0 Å². The summed E-state index contributed by atoms with van der Waals surface area (Å²) in [6, 6.07) is 3.33. The monoisotopic (exact) mass is 498 g/mol. The Hall–Kier alpha value is -2.54. The summed E-state index contributed by atoms with van der Waals surface area (Å²) in [5, 5.41) is 11.5. The summed E-state index contributed by atoms with van der Waals surface area (Å²) in [5.74, 6) is 0.598. The lowest BCUT2D eigenvalue weighted by atomic mass is 9.83. The third-order valence-electron chi connectivity index (χ3n) is 7.54. The molecule has 0 spiro atoms. The van der Waals surface area contributed by atoms with Crippen molar-refractivity contribution in [2.24, 2.45) is 5.92 Å². The fourth-order valence-electron chi connectivity index (χ4n) is 5.67. The first-order valence-corrected chi connectivity index (χ1v) is 13.6. The maximum atomic E-state index is 12.8. The van der Waals surface area contributed by atoms with Gasteiger partial charge in [0.05, 0.1) is 11.6 Å². The van der Waals surface area contributed by atoms with E-state index in [9.17, 15) is 14.7 Å². The van der Waals surface area contributed by atoms with E-state index in [-0.39, 0.29) is 29.6 Å². The van der Waals surface area contributed by atoms with Crippen LogP contribution < -0.4 is 4.74 Å². The van der Waals surface area contributed by atoms with Crippen molar-refractivity contribution < 1.29 is 24.2 Å². The summed E-state index contributed by atoms with van der Waals surface area (Å²) >= 11 is 0. The second kappa shape index (κ2) is 11.2. The SMILES string of the molecule is CC(C)CC(=O)O[C@@H]1[C@H](N2CCCCC2)c2c(ccc(/C=C/C(=O)N3CCCCC3)c2O)OC1(C)C. The Kier molecular flexibility index (Phi) is 8.28. The summed E-state index contributed by atoms with van der Waals surface area (Å²) < 4.78 is 12.5. The molecule has 1 aromatic carbocycles. The maximum absolute atomic E-state index is 12.8. The highest BCUT2D eigenvalue weighted by atomic mass is 16.6. The largest absolute Gasteiger partial charge is 0.507 e. The smallest absolute Gasteiger partial charge is 0.306 e. The van der Waals surface area contributed by atoms with E-state index in [0.717, 1.165) is 58.3 Å². The number of likely N-dealkylation sites (tertiary alicyclic amines) is 2. The number of benzene rings is 1. The number of phenolic OH excluding ortho intramolecular Hbond substituents is 1. The molecule has 0 radical (unpaired) electrons. The van der Waals surface area contributed by atoms with Crippen LogP contribution in [0, 0.1) is 5.92 Å². The zero-order valence-corrected chi connectivity index (χ0v) is 22.3. The highest BCUT2D eigenvalue weighted by Crippen LogP contribution is 2.50. The molecule has 0 unspecified atom stereocenters. The van der Waals surface area contributed by atoms with Crippen LogP contribution in [0.25, 0.3) is 6.08 Å². The lowest BCUT2D eigenvalue weighted by Crippen LogP contribution is -2.56. The topological polar surface area (TPSA) is 79.3 Å². The molecule has 198 valence electrons. The highest BCUT2D eigenvalue weighted by Gasteiger charge is 2.50. The molecule has 1 amide bonds. The first-order chi connectivity index (χ1) is 17.2. The number of amides is 1. The first-order valence-electron chi connectivity index (χ1n) is 13.6. The number of carbonyl (C=O) groups is 2. The lowest BCUT2D eigenvalue weighted by Gasteiger charge is -2.48. The molecule has 0 bridgehead atoms. The molecule has 3 aliphatic rings. The predicted molar refractivity (Wildman–Crippen MR) is 140 cm³/mol. The Labute approximate surface area is 215 Å². The molecule has 0 saturated carbocycles. The molecule has 2 atom stereocenters. The molecule has 2 fully saturated rings. The number of piperidine rings is 2. The second-order valence-electron chi connectivity index (χ2n) is 11.4. The van der Waals surface area contributed by atoms with Crippen LogP contribution in [0.1, 0.15) is 89.8 Å². The quantitative estimate of drug-likeness (QED) is 0.436. The van der Waals surface area contributed by atoms with Crippen LogP contribution in [0.5, 0.6) is 11.5 Å². The zero-order valence-electron chi connectivity index (χ0n) is 22.3. The van der Waals surface area contributed by atoms with E-state index in [1.54, 1.807) is 18.2 Å². The molecule has 3 heterocycles. The van der Waals surface area contributed by atoms with Gasteiger partial charge in [-0.15, -0.1) is 0 Å². The fraction of sp³-hybridized carbons (Fsp3) is 0.655. The van der Waals surface area contributed by atoms with Gasteiger partial charge in [-0.1, -0.05) is 20.3 Å². The van der Waals surface area contributed by atoms with Gasteiger partial charge in [0.25, 0.3) is 0 Å². The minimum atomic E-state index is -0.768. The van der Waals surface area contributed by atoms with Gasteiger partial charge in [0.2, 0.25) is 5.91 Å². The van der Waals surface area contributed by atoms with Gasteiger partial charge in [0.15, 0.2) is 6.10 Å². The summed E-state index contributed by atoms with van der Waals surface area (Å²) in [7, 11) is 0. The molecule has 1 N–H and O–H groups in total. The Morgan fingerprint density at radius 3 is 2.36 bits per heavy atom. The zero-order chi connectivity index (χ0) is 25.9. The van der Waals surface area contributed by atoms with Gasteiger partial charge in [-0.3, -0.25) is 14.5 Å². The number of aromatic hydroxyl groups is 1. The summed E-state index contributed by atoms with van der Waals surface area (Å²) in [6.07, 6.45) is 9.52. The van der Waals surface area contributed by atoms with E-state index < -0.39 is 11.7 Å². The molecule has 0 aromatic heterocycles. The molecule has 7 heteroatoms. The van der Waals surface area contributed by atoms with Crippen molar-refractivity contribution in [2.45, 2.75) is 90.4 Å². The molecular formula is C29H42N2O5. The molecule has 3 aliphatic heterocycles. The minimum absolute atomic E-state index is 0.0303. The number of hydrogen-bond donors (Lipinski definition) is 1. The molecule has 0 aliphatic carbocycles. The van der Waals surface area contributed by atoms with Crippen LogP contribution >= 0.6 is 0 Å². The predicted octanol–water partition coefficient (Wildman–Crippen LogP) is 5.07. The highest BCUT2D eigenvalue weighted by molar-refractivity contribution is 5.92. The molecule has 7 nitrogen and oxygen atoms in total. The van der Waals surface area contributed by atoms with Gasteiger partial charge in [0, 0.05) is 31.1 Å². The summed E-state index contributed by atoms with van der Waals surface area (Å²) in [4.78, 5) is 29.7.